The molecule has 3 rings (SSSR count). The summed E-state index contributed by atoms with van der Waals surface area (Å²) in [7, 11) is 1.57. The maximum absolute atomic E-state index is 12.8. The van der Waals surface area contributed by atoms with E-state index < -0.39 is 11.2 Å². The third kappa shape index (κ3) is 5.67. The van der Waals surface area contributed by atoms with Gasteiger partial charge in [-0.2, -0.15) is 0 Å². The smallest absolute Gasteiger partial charge is 0.338 e. The van der Waals surface area contributed by atoms with Gasteiger partial charge in [0.2, 0.25) is 11.8 Å². The summed E-state index contributed by atoms with van der Waals surface area (Å²) in [4.78, 5) is 43.4. The molecule has 9 heteroatoms. The van der Waals surface area contributed by atoms with Crippen molar-refractivity contribution in [1.29, 1.82) is 0 Å². The van der Waals surface area contributed by atoms with Gasteiger partial charge in [-0.25, -0.2) is 9.79 Å². The lowest BCUT2D eigenvalue weighted by atomic mass is 10.2. The van der Waals surface area contributed by atoms with Crippen molar-refractivity contribution in [2.24, 2.45) is 4.99 Å². The minimum Gasteiger partial charge on any atom is -0.497 e. The zero-order valence-electron chi connectivity index (χ0n) is 18.2. The van der Waals surface area contributed by atoms with E-state index in [0.29, 0.717) is 41.0 Å². The van der Waals surface area contributed by atoms with Gasteiger partial charge in [-0.1, -0.05) is 11.8 Å². The highest BCUT2D eigenvalue weighted by Gasteiger charge is 2.35. The molecule has 1 fully saturated rings. The fourth-order valence-electron chi connectivity index (χ4n) is 3.05. The number of thioether (sulfide) groups is 1. The van der Waals surface area contributed by atoms with Crippen LogP contribution in [0.3, 0.4) is 0 Å². The predicted molar refractivity (Wildman–Crippen MR) is 125 cm³/mol. The number of carbonyl (C=O) groups excluding carboxylic acids is 3. The maximum Gasteiger partial charge on any atom is 0.338 e. The molecule has 2 aromatic rings. The number of aliphatic imine (C=N–C) groups is 1. The second-order valence-corrected chi connectivity index (χ2v) is 8.00. The van der Waals surface area contributed by atoms with Gasteiger partial charge in [-0.05, 0) is 62.4 Å². The van der Waals surface area contributed by atoms with Crippen LogP contribution in [0.1, 0.15) is 30.6 Å². The van der Waals surface area contributed by atoms with Gasteiger partial charge in [-0.15, -0.1) is 0 Å². The molecule has 0 saturated carbocycles. The highest BCUT2D eigenvalue weighted by molar-refractivity contribution is 8.15. The number of nitrogens with zero attached hydrogens (tertiary/aromatic N) is 2. The van der Waals surface area contributed by atoms with Crippen LogP contribution in [0.25, 0.3) is 0 Å². The summed E-state index contributed by atoms with van der Waals surface area (Å²) < 4.78 is 10.1. The van der Waals surface area contributed by atoms with E-state index in [0.717, 1.165) is 0 Å². The zero-order valence-corrected chi connectivity index (χ0v) is 19.0. The van der Waals surface area contributed by atoms with Crippen LogP contribution in [0.4, 0.5) is 11.4 Å². The number of amides is 2. The second-order valence-electron chi connectivity index (χ2n) is 6.83. The Labute approximate surface area is 191 Å². The van der Waals surface area contributed by atoms with Crippen molar-refractivity contribution in [2.45, 2.75) is 25.5 Å². The van der Waals surface area contributed by atoms with Gasteiger partial charge in [0.25, 0.3) is 0 Å². The number of methoxy groups -OCH3 is 1. The molecule has 8 nitrogen and oxygen atoms in total. The van der Waals surface area contributed by atoms with Gasteiger partial charge in [0, 0.05) is 18.7 Å². The van der Waals surface area contributed by atoms with E-state index in [1.165, 1.54) is 11.8 Å². The van der Waals surface area contributed by atoms with Crippen LogP contribution < -0.4 is 10.1 Å². The molecule has 0 spiro atoms. The Morgan fingerprint density at radius 2 is 1.81 bits per heavy atom. The third-order valence-corrected chi connectivity index (χ3v) is 5.90. The molecule has 1 unspecified atom stereocenters. The molecule has 2 aromatic carbocycles. The van der Waals surface area contributed by atoms with Crippen LogP contribution in [0, 0.1) is 0 Å². The second kappa shape index (κ2) is 10.8. The van der Waals surface area contributed by atoms with Crippen molar-refractivity contribution in [1.82, 2.24) is 4.90 Å². The van der Waals surface area contributed by atoms with Crippen molar-refractivity contribution < 1.29 is 23.9 Å². The number of esters is 1. The Hall–Kier alpha value is -3.33. The van der Waals surface area contributed by atoms with E-state index in [1.54, 1.807) is 67.5 Å². The van der Waals surface area contributed by atoms with Crippen LogP contribution in [-0.4, -0.2) is 53.4 Å². The first-order valence-corrected chi connectivity index (χ1v) is 11.1. The van der Waals surface area contributed by atoms with Gasteiger partial charge in [0.1, 0.15) is 11.0 Å². The van der Waals surface area contributed by atoms with Crippen LogP contribution in [0.15, 0.2) is 53.5 Å². The summed E-state index contributed by atoms with van der Waals surface area (Å²) in [6.07, 6.45) is 0.0846. The molecule has 0 aromatic heterocycles. The Kier molecular flexibility index (Phi) is 7.88. The van der Waals surface area contributed by atoms with E-state index in [2.05, 4.69) is 10.3 Å². The summed E-state index contributed by atoms with van der Waals surface area (Å²) >= 11 is 1.24. The van der Waals surface area contributed by atoms with Crippen LogP contribution in [-0.2, 0) is 14.3 Å². The summed E-state index contributed by atoms with van der Waals surface area (Å²) in [6.45, 7) is 4.34. The summed E-state index contributed by atoms with van der Waals surface area (Å²) in [5.74, 6) is -0.149. The first-order valence-electron chi connectivity index (χ1n) is 10.2. The van der Waals surface area contributed by atoms with Crippen molar-refractivity contribution in [3.05, 3.63) is 54.1 Å². The lowest BCUT2D eigenvalue weighted by Crippen LogP contribution is -2.45. The normalized spacial score (nSPS) is 17.2. The molecule has 0 radical (unpaired) electrons. The number of hydrogen-bond acceptors (Lipinski definition) is 7. The number of anilines is 1. The fourth-order valence-corrected chi connectivity index (χ4v) is 4.21. The quantitative estimate of drug-likeness (QED) is 0.637. The van der Waals surface area contributed by atoms with Gasteiger partial charge in [0.15, 0.2) is 5.17 Å². The Balaban J connectivity index is 1.76. The lowest BCUT2D eigenvalue weighted by Gasteiger charge is -2.30. The lowest BCUT2D eigenvalue weighted by molar-refractivity contribution is -0.129. The Bertz CT molecular complexity index is 1010. The van der Waals surface area contributed by atoms with Crippen LogP contribution >= 0.6 is 11.8 Å². The Morgan fingerprint density at radius 3 is 2.41 bits per heavy atom. The largest absolute Gasteiger partial charge is 0.497 e. The molecule has 1 heterocycles. The first-order chi connectivity index (χ1) is 15.4. The van der Waals surface area contributed by atoms with Crippen LogP contribution in [0.2, 0.25) is 0 Å². The van der Waals surface area contributed by atoms with Crippen molar-refractivity contribution in [3.8, 4) is 5.75 Å². The molecule has 0 aliphatic carbocycles. The van der Waals surface area contributed by atoms with E-state index >= 15 is 0 Å². The third-order valence-electron chi connectivity index (χ3n) is 4.71. The molecule has 32 heavy (non-hydrogen) atoms. The molecule has 1 atom stereocenters. The molecule has 168 valence electrons. The highest BCUT2D eigenvalue weighted by Crippen LogP contribution is 2.30. The first kappa shape index (κ1) is 23.3. The number of nitrogens with one attached hydrogen (secondary N) is 1. The maximum atomic E-state index is 12.8. The highest BCUT2D eigenvalue weighted by atomic mass is 32.2. The molecule has 1 saturated heterocycles. The van der Waals surface area contributed by atoms with Gasteiger partial charge < -0.3 is 14.8 Å². The molecular weight excluding hydrogens is 430 g/mol. The number of rotatable bonds is 7. The number of carbonyl (C=O) groups is 3. The van der Waals surface area contributed by atoms with Gasteiger partial charge >= 0.3 is 5.97 Å². The van der Waals surface area contributed by atoms with Crippen LogP contribution in [0.5, 0.6) is 5.75 Å². The SMILES string of the molecule is CCOC(=O)c1ccc(N=C2SC(C(=O)Nc3ccc(OC)cc3)CC(=O)N2CC)cc1. The molecule has 2 amide bonds. The number of benzene rings is 2. The monoisotopic (exact) mass is 455 g/mol. The molecule has 1 aliphatic rings. The summed E-state index contributed by atoms with van der Waals surface area (Å²) in [6, 6.07) is 13.6. The molecular formula is C23H25N3O5S. The van der Waals surface area contributed by atoms with Crippen molar-refractivity contribution >= 4 is 46.1 Å². The van der Waals surface area contributed by atoms with E-state index in [-0.39, 0.29) is 18.2 Å². The van der Waals surface area contributed by atoms with Gasteiger partial charge in [0.05, 0.1) is 25.0 Å². The zero-order chi connectivity index (χ0) is 23.1. The van der Waals surface area contributed by atoms with E-state index in [9.17, 15) is 14.4 Å². The number of amidine groups is 1. The standard InChI is InChI=1S/C23H25N3O5S/c1-4-26-20(27)14-19(21(28)24-16-10-12-18(30-3)13-11-16)32-23(26)25-17-8-6-15(7-9-17)22(29)31-5-2/h6-13,19H,4-5,14H2,1-3H3,(H,24,28). The molecule has 1 N–H and O–H groups in total. The average Bonchev–Trinajstić information content (AvgIpc) is 2.80. The minimum absolute atomic E-state index is 0.0846. The number of hydrogen-bond donors (Lipinski definition) is 1. The minimum atomic E-state index is -0.607. The summed E-state index contributed by atoms with van der Waals surface area (Å²) in [5, 5.41) is 2.68. The van der Waals surface area contributed by atoms with E-state index in [4.69, 9.17) is 9.47 Å². The fraction of sp³-hybridized carbons (Fsp3) is 0.304. The predicted octanol–water partition coefficient (Wildman–Crippen LogP) is 3.85. The average molecular weight is 456 g/mol. The topological polar surface area (TPSA) is 97.3 Å². The van der Waals surface area contributed by atoms with E-state index in [1.807, 2.05) is 6.92 Å². The molecule has 0 bridgehead atoms. The van der Waals surface area contributed by atoms with Crippen molar-refractivity contribution in [2.75, 3.05) is 25.6 Å². The number of ether oxygens (including phenoxy) is 2. The van der Waals surface area contributed by atoms with Crippen molar-refractivity contribution in [3.63, 3.8) is 0 Å². The molecule has 1 aliphatic heterocycles. The van der Waals surface area contributed by atoms with Gasteiger partial charge in [-0.3, -0.25) is 14.5 Å². The Morgan fingerprint density at radius 1 is 1.12 bits per heavy atom. The summed E-state index contributed by atoms with van der Waals surface area (Å²) in [5.41, 5.74) is 1.62.